The van der Waals surface area contributed by atoms with Crippen molar-refractivity contribution in [2.24, 2.45) is 11.8 Å². The number of aryl methyl sites for hydroxylation is 1. The summed E-state index contributed by atoms with van der Waals surface area (Å²) in [5, 5.41) is 2.76. The average Bonchev–Trinajstić information content (AvgIpc) is 3.55. The van der Waals surface area contributed by atoms with E-state index in [1.54, 1.807) is 36.0 Å². The van der Waals surface area contributed by atoms with Gasteiger partial charge in [-0.3, -0.25) is 4.79 Å². The Morgan fingerprint density at radius 1 is 1.12 bits per heavy atom. The Hall–Kier alpha value is -3.00. The van der Waals surface area contributed by atoms with Crippen LogP contribution in [-0.2, 0) is 0 Å². The number of anilines is 2. The molecule has 1 atom stereocenters. The Morgan fingerprint density at radius 3 is 2.73 bits per heavy atom. The number of nitrogens with one attached hydrogen (secondary N) is 1. The molecule has 7 nitrogen and oxygen atoms in total. The monoisotopic (exact) mass is 448 g/mol. The molecule has 0 bridgehead atoms. The first kappa shape index (κ1) is 20.6. The smallest absolute Gasteiger partial charge is 0.257 e. The summed E-state index contributed by atoms with van der Waals surface area (Å²) < 4.78 is 15.9. The Bertz CT molecular complexity index is 1180. The number of likely N-dealkylation sites (tertiary alicyclic amines) is 1. The number of carbonyl (C=O) groups excluding carboxylic acids is 1. The van der Waals surface area contributed by atoms with E-state index in [9.17, 15) is 9.18 Å². The van der Waals surface area contributed by atoms with Crippen molar-refractivity contribution < 1.29 is 9.18 Å². The van der Waals surface area contributed by atoms with Gasteiger partial charge in [-0.1, -0.05) is 0 Å². The van der Waals surface area contributed by atoms with Crippen molar-refractivity contribution in [1.29, 1.82) is 0 Å². The van der Waals surface area contributed by atoms with Crippen LogP contribution >= 0.6 is 0 Å². The predicted octanol–water partition coefficient (Wildman–Crippen LogP) is 3.74. The molecular weight excluding hydrogens is 419 g/mol. The lowest BCUT2D eigenvalue weighted by Gasteiger charge is -2.47. The summed E-state index contributed by atoms with van der Waals surface area (Å²) in [4.78, 5) is 26.3. The Labute approximate surface area is 192 Å². The van der Waals surface area contributed by atoms with Crippen molar-refractivity contribution >= 4 is 23.1 Å². The Morgan fingerprint density at radius 2 is 1.97 bits per heavy atom. The van der Waals surface area contributed by atoms with E-state index in [0.717, 1.165) is 36.8 Å². The van der Waals surface area contributed by atoms with Crippen molar-refractivity contribution in [3.05, 3.63) is 53.9 Å². The van der Waals surface area contributed by atoms with Crippen LogP contribution in [-0.4, -0.2) is 57.4 Å². The van der Waals surface area contributed by atoms with Crippen LogP contribution < -0.4 is 10.2 Å². The summed E-state index contributed by atoms with van der Waals surface area (Å²) in [6, 6.07) is 5.85. The van der Waals surface area contributed by atoms with Gasteiger partial charge in [-0.05, 0) is 63.1 Å². The molecule has 5 heterocycles. The van der Waals surface area contributed by atoms with Crippen molar-refractivity contribution in [2.45, 2.75) is 38.6 Å². The highest BCUT2D eigenvalue weighted by molar-refractivity contribution is 6.04. The number of amides is 1. The number of halogens is 1. The first-order valence-corrected chi connectivity index (χ1v) is 11.9. The van der Waals surface area contributed by atoms with Crippen molar-refractivity contribution in [3.63, 3.8) is 0 Å². The molecule has 0 radical (unpaired) electrons. The van der Waals surface area contributed by atoms with Crippen LogP contribution in [0.25, 0.3) is 5.65 Å². The first-order valence-electron chi connectivity index (χ1n) is 11.9. The Kier molecular flexibility index (Phi) is 5.05. The number of aromatic nitrogens is 3. The van der Waals surface area contributed by atoms with E-state index in [4.69, 9.17) is 0 Å². The van der Waals surface area contributed by atoms with Gasteiger partial charge in [0.15, 0.2) is 11.5 Å². The minimum atomic E-state index is -0.472. The molecule has 1 aliphatic carbocycles. The number of carbonyl (C=O) groups is 1. The van der Waals surface area contributed by atoms with Gasteiger partial charge in [-0.15, -0.1) is 0 Å². The van der Waals surface area contributed by atoms with Crippen LogP contribution in [0.5, 0.6) is 0 Å². The SMILES string of the molecule is Cc1cn2cc(NC(=O)c3ccc(N4CC(C5CCCN(C6CC6)C5)C4)nc3)cc(F)c2n1. The lowest BCUT2D eigenvalue weighted by atomic mass is 9.80. The van der Waals surface area contributed by atoms with Gasteiger partial charge in [0.1, 0.15) is 5.82 Å². The third-order valence-corrected chi connectivity index (χ3v) is 7.35. The highest BCUT2D eigenvalue weighted by Crippen LogP contribution is 2.37. The van der Waals surface area contributed by atoms with E-state index in [1.807, 2.05) is 6.07 Å². The maximum atomic E-state index is 14.3. The summed E-state index contributed by atoms with van der Waals surface area (Å²) in [5.74, 6) is 1.68. The number of piperidine rings is 1. The van der Waals surface area contributed by atoms with E-state index in [-0.39, 0.29) is 11.6 Å². The van der Waals surface area contributed by atoms with Gasteiger partial charge in [-0.25, -0.2) is 14.4 Å². The van der Waals surface area contributed by atoms with E-state index < -0.39 is 5.82 Å². The normalized spacial score (nSPS) is 21.9. The number of nitrogens with zero attached hydrogens (tertiary/aromatic N) is 5. The van der Waals surface area contributed by atoms with E-state index in [1.165, 1.54) is 44.8 Å². The highest BCUT2D eigenvalue weighted by Gasteiger charge is 2.39. The summed E-state index contributed by atoms with van der Waals surface area (Å²) in [7, 11) is 0. The summed E-state index contributed by atoms with van der Waals surface area (Å²) in [6.07, 6.45) is 10.4. The van der Waals surface area contributed by atoms with E-state index in [2.05, 4.69) is 25.1 Å². The molecule has 2 saturated heterocycles. The quantitative estimate of drug-likeness (QED) is 0.644. The van der Waals surface area contributed by atoms with E-state index in [0.29, 0.717) is 16.9 Å². The third kappa shape index (κ3) is 4.08. The van der Waals surface area contributed by atoms with Crippen molar-refractivity contribution in [3.8, 4) is 0 Å². The molecule has 2 aliphatic heterocycles. The van der Waals surface area contributed by atoms with Crippen LogP contribution in [0.15, 0.2) is 36.8 Å². The van der Waals surface area contributed by atoms with Crippen LogP contribution in [0.3, 0.4) is 0 Å². The lowest BCUT2D eigenvalue weighted by Crippen LogP contribution is -2.54. The second-order valence-corrected chi connectivity index (χ2v) is 9.84. The van der Waals surface area contributed by atoms with Gasteiger partial charge in [0.2, 0.25) is 0 Å². The molecule has 1 amide bonds. The zero-order chi connectivity index (χ0) is 22.5. The number of imidazole rings is 1. The molecule has 0 aromatic carbocycles. The number of fused-ring (bicyclic) bond motifs is 1. The standard InChI is InChI=1S/C25H29FN6O/c1-16-11-32-15-20(9-22(26)24(32)28-16)29-25(33)17-4-7-23(27-10-17)31-13-19(14-31)18-3-2-8-30(12-18)21-5-6-21/h4,7,9-11,15,18-19,21H,2-3,5-6,8,12-14H2,1H3,(H,29,33). The summed E-state index contributed by atoms with van der Waals surface area (Å²) >= 11 is 0. The van der Waals surface area contributed by atoms with Gasteiger partial charge in [-0.2, -0.15) is 0 Å². The predicted molar refractivity (Wildman–Crippen MR) is 125 cm³/mol. The number of rotatable bonds is 5. The van der Waals surface area contributed by atoms with Crippen LogP contribution in [0.1, 0.15) is 41.7 Å². The Balaban J connectivity index is 1.06. The van der Waals surface area contributed by atoms with Gasteiger partial charge in [0, 0.05) is 50.3 Å². The van der Waals surface area contributed by atoms with Crippen LogP contribution in [0, 0.1) is 24.6 Å². The maximum absolute atomic E-state index is 14.3. The second kappa shape index (κ2) is 8.09. The fourth-order valence-corrected chi connectivity index (χ4v) is 5.35. The summed E-state index contributed by atoms with van der Waals surface area (Å²) in [6.45, 7) is 6.44. The molecule has 8 heteroatoms. The number of pyridine rings is 2. The molecule has 0 spiro atoms. The molecule has 6 rings (SSSR count). The first-order chi connectivity index (χ1) is 16.0. The fourth-order valence-electron chi connectivity index (χ4n) is 5.35. The van der Waals surface area contributed by atoms with Crippen molar-refractivity contribution in [2.75, 3.05) is 36.4 Å². The molecule has 3 fully saturated rings. The maximum Gasteiger partial charge on any atom is 0.257 e. The summed E-state index contributed by atoms with van der Waals surface area (Å²) in [5.41, 5.74) is 1.79. The van der Waals surface area contributed by atoms with Crippen LogP contribution in [0.4, 0.5) is 15.9 Å². The van der Waals surface area contributed by atoms with E-state index >= 15 is 0 Å². The highest BCUT2D eigenvalue weighted by atomic mass is 19.1. The molecular formula is C25H29FN6O. The van der Waals surface area contributed by atoms with Crippen molar-refractivity contribution in [1.82, 2.24) is 19.3 Å². The zero-order valence-corrected chi connectivity index (χ0v) is 18.9. The molecule has 3 aromatic heterocycles. The number of hydrogen-bond donors (Lipinski definition) is 1. The molecule has 1 N–H and O–H groups in total. The minimum Gasteiger partial charge on any atom is -0.356 e. The average molecular weight is 449 g/mol. The zero-order valence-electron chi connectivity index (χ0n) is 18.9. The molecule has 3 aromatic rings. The third-order valence-electron chi connectivity index (χ3n) is 7.35. The lowest BCUT2D eigenvalue weighted by molar-refractivity contribution is 0.102. The van der Waals surface area contributed by atoms with Gasteiger partial charge in [0.05, 0.1) is 16.9 Å². The molecule has 3 aliphatic rings. The molecule has 172 valence electrons. The van der Waals surface area contributed by atoms with Gasteiger partial charge >= 0.3 is 0 Å². The minimum absolute atomic E-state index is 0.248. The fraction of sp³-hybridized carbons (Fsp3) is 0.480. The molecule has 1 unspecified atom stereocenters. The molecule has 33 heavy (non-hydrogen) atoms. The molecule has 1 saturated carbocycles. The topological polar surface area (TPSA) is 65.8 Å². The second-order valence-electron chi connectivity index (χ2n) is 9.84. The van der Waals surface area contributed by atoms with Gasteiger partial charge < -0.3 is 19.5 Å². The number of hydrogen-bond acceptors (Lipinski definition) is 5. The van der Waals surface area contributed by atoms with Gasteiger partial charge in [0.25, 0.3) is 5.91 Å². The largest absolute Gasteiger partial charge is 0.356 e. The van der Waals surface area contributed by atoms with Crippen LogP contribution in [0.2, 0.25) is 0 Å².